The molecular formula is C22H28F2N4O2. The van der Waals surface area contributed by atoms with Gasteiger partial charge < -0.3 is 14.5 Å². The number of anilines is 1. The van der Waals surface area contributed by atoms with Crippen LogP contribution >= 0.6 is 0 Å². The number of ether oxygens (including phenoxy) is 1. The van der Waals surface area contributed by atoms with Gasteiger partial charge in [0.15, 0.2) is 11.6 Å². The van der Waals surface area contributed by atoms with Gasteiger partial charge in [-0.2, -0.15) is 0 Å². The van der Waals surface area contributed by atoms with Crippen LogP contribution in [0.2, 0.25) is 0 Å². The van der Waals surface area contributed by atoms with Crippen LogP contribution in [0.25, 0.3) is 0 Å². The lowest BCUT2D eigenvalue weighted by Gasteiger charge is -2.40. The maximum absolute atomic E-state index is 13.4. The Morgan fingerprint density at radius 1 is 1.13 bits per heavy atom. The summed E-state index contributed by atoms with van der Waals surface area (Å²) in [4.78, 5) is 24.9. The van der Waals surface area contributed by atoms with E-state index >= 15 is 0 Å². The number of halogens is 2. The zero-order valence-electron chi connectivity index (χ0n) is 17.5. The number of piperazine rings is 1. The molecule has 8 heteroatoms. The Labute approximate surface area is 175 Å². The first-order chi connectivity index (χ1) is 14.5. The van der Waals surface area contributed by atoms with Gasteiger partial charge in [-0.3, -0.25) is 4.79 Å². The minimum atomic E-state index is -0.980. The summed E-state index contributed by atoms with van der Waals surface area (Å²) >= 11 is 0. The second-order valence-electron chi connectivity index (χ2n) is 7.59. The Morgan fingerprint density at radius 3 is 2.70 bits per heavy atom. The highest BCUT2D eigenvalue weighted by atomic mass is 19.2. The molecule has 0 aliphatic carbocycles. The normalized spacial score (nSPS) is 16.6. The van der Waals surface area contributed by atoms with Crippen molar-refractivity contribution in [2.24, 2.45) is 0 Å². The molecule has 0 N–H and O–H groups in total. The number of amides is 1. The first kappa shape index (κ1) is 21.9. The number of unbranched alkanes of at least 4 members (excludes halogenated alkanes) is 3. The molecule has 162 valence electrons. The first-order valence-corrected chi connectivity index (χ1v) is 10.5. The van der Waals surface area contributed by atoms with Crippen molar-refractivity contribution in [2.75, 3.05) is 24.5 Å². The average molecular weight is 418 g/mol. The van der Waals surface area contributed by atoms with Crippen molar-refractivity contribution in [2.45, 2.75) is 52.0 Å². The standard InChI is InChI=1S/C22H28F2N4O2/c1-3-4-5-6-7-22(29)28-11-10-27(14-16(28)2)20-13-21(26-15-25-20)30-17-8-9-18(23)19(24)12-17/h8-9,12-13,15-16H,3-7,10-11,14H2,1-2H3. The molecule has 30 heavy (non-hydrogen) atoms. The predicted molar refractivity (Wildman–Crippen MR) is 111 cm³/mol. The number of carbonyl (C=O) groups excluding carboxylic acids is 1. The topological polar surface area (TPSA) is 58.6 Å². The number of aromatic nitrogens is 2. The van der Waals surface area contributed by atoms with Crippen LogP contribution in [-0.2, 0) is 4.79 Å². The average Bonchev–Trinajstić information content (AvgIpc) is 2.74. The molecule has 1 unspecified atom stereocenters. The molecule has 0 saturated carbocycles. The summed E-state index contributed by atoms with van der Waals surface area (Å²) in [6.45, 7) is 6.15. The third-order valence-electron chi connectivity index (χ3n) is 5.26. The van der Waals surface area contributed by atoms with Crippen molar-refractivity contribution >= 4 is 11.7 Å². The summed E-state index contributed by atoms with van der Waals surface area (Å²) in [6.07, 6.45) is 6.34. The van der Waals surface area contributed by atoms with Gasteiger partial charge in [0.2, 0.25) is 11.8 Å². The maximum Gasteiger partial charge on any atom is 0.224 e. The quantitative estimate of drug-likeness (QED) is 0.589. The molecule has 2 aromatic rings. The molecule has 1 aromatic carbocycles. The van der Waals surface area contributed by atoms with E-state index in [-0.39, 0.29) is 23.6 Å². The zero-order chi connectivity index (χ0) is 21.5. The minimum Gasteiger partial charge on any atom is -0.439 e. The molecule has 1 saturated heterocycles. The lowest BCUT2D eigenvalue weighted by molar-refractivity contribution is -0.133. The van der Waals surface area contributed by atoms with E-state index in [2.05, 4.69) is 21.8 Å². The summed E-state index contributed by atoms with van der Waals surface area (Å²) in [5.41, 5.74) is 0. The number of nitrogens with zero attached hydrogens (tertiary/aromatic N) is 4. The Morgan fingerprint density at radius 2 is 1.97 bits per heavy atom. The highest BCUT2D eigenvalue weighted by molar-refractivity contribution is 5.76. The van der Waals surface area contributed by atoms with Crippen molar-refractivity contribution < 1.29 is 18.3 Å². The lowest BCUT2D eigenvalue weighted by atomic mass is 10.1. The van der Waals surface area contributed by atoms with Crippen molar-refractivity contribution in [3.8, 4) is 11.6 Å². The molecule has 6 nitrogen and oxygen atoms in total. The van der Waals surface area contributed by atoms with Crippen molar-refractivity contribution in [1.82, 2.24) is 14.9 Å². The third kappa shape index (κ3) is 5.64. The fourth-order valence-electron chi connectivity index (χ4n) is 3.60. The Kier molecular flexibility index (Phi) is 7.54. The van der Waals surface area contributed by atoms with Gasteiger partial charge >= 0.3 is 0 Å². The number of hydrogen-bond donors (Lipinski definition) is 0. The van der Waals surface area contributed by atoms with Crippen LogP contribution in [0.3, 0.4) is 0 Å². The van der Waals surface area contributed by atoms with Gasteiger partial charge in [-0.15, -0.1) is 0 Å². The molecule has 1 aliphatic rings. The second-order valence-corrected chi connectivity index (χ2v) is 7.59. The van der Waals surface area contributed by atoms with Gasteiger partial charge in [0.05, 0.1) is 0 Å². The molecular weight excluding hydrogens is 390 g/mol. The summed E-state index contributed by atoms with van der Waals surface area (Å²) in [6, 6.07) is 5.06. The van der Waals surface area contributed by atoms with E-state index in [1.54, 1.807) is 6.07 Å². The van der Waals surface area contributed by atoms with Crippen molar-refractivity contribution in [3.05, 3.63) is 42.2 Å². The zero-order valence-corrected chi connectivity index (χ0v) is 17.5. The van der Waals surface area contributed by atoms with Crippen LogP contribution in [0.1, 0.15) is 46.0 Å². The SMILES string of the molecule is CCCCCCC(=O)N1CCN(c2cc(Oc3ccc(F)c(F)c3)ncn2)CC1C. The van der Waals surface area contributed by atoms with Crippen LogP contribution in [0, 0.1) is 11.6 Å². The fourth-order valence-corrected chi connectivity index (χ4v) is 3.60. The molecule has 1 fully saturated rings. The van der Waals surface area contributed by atoms with Crippen molar-refractivity contribution in [1.29, 1.82) is 0 Å². The maximum atomic E-state index is 13.4. The number of rotatable bonds is 8. The monoisotopic (exact) mass is 418 g/mol. The molecule has 0 bridgehead atoms. The van der Waals surface area contributed by atoms with Gasteiger partial charge in [-0.05, 0) is 25.5 Å². The van der Waals surface area contributed by atoms with E-state index in [4.69, 9.17) is 4.74 Å². The summed E-state index contributed by atoms with van der Waals surface area (Å²) in [5, 5.41) is 0. The van der Waals surface area contributed by atoms with Crippen LogP contribution in [0.4, 0.5) is 14.6 Å². The van der Waals surface area contributed by atoms with E-state index in [1.165, 1.54) is 18.8 Å². The molecule has 1 amide bonds. The minimum absolute atomic E-state index is 0.0722. The van der Waals surface area contributed by atoms with E-state index in [0.717, 1.165) is 31.4 Å². The molecule has 0 radical (unpaired) electrons. The van der Waals surface area contributed by atoms with Gasteiger partial charge in [-0.25, -0.2) is 18.7 Å². The Hall–Kier alpha value is -2.77. The Balaban J connectivity index is 1.59. The first-order valence-electron chi connectivity index (χ1n) is 10.5. The highest BCUT2D eigenvalue weighted by Gasteiger charge is 2.27. The molecule has 1 aromatic heterocycles. The summed E-state index contributed by atoms with van der Waals surface area (Å²) in [7, 11) is 0. The largest absolute Gasteiger partial charge is 0.439 e. The van der Waals surface area contributed by atoms with Crippen LogP contribution in [0.5, 0.6) is 11.6 Å². The van der Waals surface area contributed by atoms with Crippen molar-refractivity contribution in [3.63, 3.8) is 0 Å². The second kappa shape index (κ2) is 10.3. The van der Waals surface area contributed by atoms with Crippen LogP contribution in [-0.4, -0.2) is 46.5 Å². The fraction of sp³-hybridized carbons (Fsp3) is 0.500. The molecule has 3 rings (SSSR count). The van der Waals surface area contributed by atoms with E-state index in [0.29, 0.717) is 31.9 Å². The predicted octanol–water partition coefficient (Wildman–Crippen LogP) is 4.55. The van der Waals surface area contributed by atoms with E-state index in [1.807, 2.05) is 11.8 Å². The van der Waals surface area contributed by atoms with Gasteiger partial charge in [0, 0.05) is 44.2 Å². The Bertz CT molecular complexity index is 865. The summed E-state index contributed by atoms with van der Waals surface area (Å²) < 4.78 is 32.0. The van der Waals surface area contributed by atoms with E-state index in [9.17, 15) is 13.6 Å². The summed E-state index contributed by atoms with van der Waals surface area (Å²) in [5.74, 6) is -0.630. The van der Waals surface area contributed by atoms with Crippen LogP contribution < -0.4 is 9.64 Å². The highest BCUT2D eigenvalue weighted by Crippen LogP contribution is 2.25. The molecule has 0 spiro atoms. The van der Waals surface area contributed by atoms with Gasteiger partial charge in [0.1, 0.15) is 17.9 Å². The molecule has 1 aliphatic heterocycles. The smallest absolute Gasteiger partial charge is 0.224 e. The number of hydrogen-bond acceptors (Lipinski definition) is 5. The van der Waals surface area contributed by atoms with E-state index < -0.39 is 11.6 Å². The molecule has 1 atom stereocenters. The van der Waals surface area contributed by atoms with Gasteiger partial charge in [-0.1, -0.05) is 26.2 Å². The third-order valence-corrected chi connectivity index (χ3v) is 5.26. The lowest BCUT2D eigenvalue weighted by Crippen LogP contribution is -2.54. The van der Waals surface area contributed by atoms with Gasteiger partial charge in [0.25, 0.3) is 0 Å². The number of benzene rings is 1. The molecule has 2 heterocycles. The van der Waals surface area contributed by atoms with Crippen LogP contribution in [0.15, 0.2) is 30.6 Å². The number of carbonyl (C=O) groups is 1.